The Morgan fingerprint density at radius 1 is 1.25 bits per heavy atom. The molecule has 0 radical (unpaired) electrons. The van der Waals surface area contributed by atoms with Gasteiger partial charge in [-0.3, -0.25) is 10.2 Å². The van der Waals surface area contributed by atoms with Gasteiger partial charge in [0, 0.05) is 25.2 Å². The van der Waals surface area contributed by atoms with Gasteiger partial charge in [-0.1, -0.05) is 30.3 Å². The van der Waals surface area contributed by atoms with E-state index >= 15 is 0 Å². The zero-order valence-electron chi connectivity index (χ0n) is 14.0. The van der Waals surface area contributed by atoms with Crippen molar-refractivity contribution in [1.82, 2.24) is 16.2 Å². The summed E-state index contributed by atoms with van der Waals surface area (Å²) in [6, 6.07) is 10.8. The summed E-state index contributed by atoms with van der Waals surface area (Å²) in [5, 5.41) is 2.93. The quantitative estimate of drug-likeness (QED) is 0.701. The maximum atomic E-state index is 11.9. The molecule has 1 aromatic carbocycles. The van der Waals surface area contributed by atoms with E-state index in [1.54, 1.807) is 0 Å². The molecule has 0 aromatic heterocycles. The number of hydrogen-bond donors (Lipinski definition) is 3. The largest absolute Gasteiger partial charge is 0.376 e. The molecule has 2 aliphatic rings. The first-order chi connectivity index (χ1) is 11.8. The molecule has 1 amide bonds. The predicted molar refractivity (Wildman–Crippen MR) is 91.3 cm³/mol. The van der Waals surface area contributed by atoms with Crippen molar-refractivity contribution in [1.29, 1.82) is 0 Å². The average molecular weight is 333 g/mol. The van der Waals surface area contributed by atoms with E-state index in [0.29, 0.717) is 13.2 Å². The van der Waals surface area contributed by atoms with Crippen molar-refractivity contribution >= 4 is 5.91 Å². The summed E-state index contributed by atoms with van der Waals surface area (Å²) >= 11 is 0. The van der Waals surface area contributed by atoms with Crippen molar-refractivity contribution in [3.05, 3.63) is 35.9 Å². The standard InChI is InChI=1S/C18H27N3O3/c22-18(13-23-12-16-8-4-5-9-24-16)19-11-15-10-17(21-20-15)14-6-2-1-3-7-14/h1-3,6-7,15-17,20-21H,4-5,8-13H2,(H,19,22). The van der Waals surface area contributed by atoms with Crippen LogP contribution < -0.4 is 16.2 Å². The van der Waals surface area contributed by atoms with Crippen LogP contribution >= 0.6 is 0 Å². The van der Waals surface area contributed by atoms with Crippen LogP contribution in [0.25, 0.3) is 0 Å². The summed E-state index contributed by atoms with van der Waals surface area (Å²) < 4.78 is 11.0. The molecule has 1 aromatic rings. The molecular weight excluding hydrogens is 306 g/mol. The minimum atomic E-state index is -0.0734. The Labute approximate surface area is 143 Å². The molecule has 0 spiro atoms. The topological polar surface area (TPSA) is 71.6 Å². The van der Waals surface area contributed by atoms with Crippen molar-refractivity contribution in [2.75, 3.05) is 26.4 Å². The van der Waals surface area contributed by atoms with Gasteiger partial charge in [0.15, 0.2) is 0 Å². The SMILES string of the molecule is O=C(COCC1CCCCO1)NCC1CC(c2ccccc2)NN1. The zero-order chi connectivity index (χ0) is 16.6. The second-order valence-electron chi connectivity index (χ2n) is 6.49. The second-order valence-corrected chi connectivity index (χ2v) is 6.49. The van der Waals surface area contributed by atoms with Gasteiger partial charge >= 0.3 is 0 Å². The number of nitrogens with one attached hydrogen (secondary N) is 3. The first kappa shape index (κ1) is 17.4. The van der Waals surface area contributed by atoms with Crippen molar-refractivity contribution in [2.45, 2.75) is 43.9 Å². The first-order valence-corrected chi connectivity index (χ1v) is 8.83. The molecule has 2 aliphatic heterocycles. The van der Waals surface area contributed by atoms with Crippen LogP contribution in [0.3, 0.4) is 0 Å². The molecule has 132 valence electrons. The highest BCUT2D eigenvalue weighted by Crippen LogP contribution is 2.21. The summed E-state index contributed by atoms with van der Waals surface area (Å²) in [5.74, 6) is -0.0734. The maximum Gasteiger partial charge on any atom is 0.246 e. The van der Waals surface area contributed by atoms with Crippen molar-refractivity contribution in [3.63, 3.8) is 0 Å². The van der Waals surface area contributed by atoms with Crippen molar-refractivity contribution in [3.8, 4) is 0 Å². The molecule has 0 aliphatic carbocycles. The van der Waals surface area contributed by atoms with E-state index < -0.39 is 0 Å². The van der Waals surface area contributed by atoms with Crippen LogP contribution in [0.4, 0.5) is 0 Å². The van der Waals surface area contributed by atoms with Crippen LogP contribution in [0.1, 0.15) is 37.3 Å². The lowest BCUT2D eigenvalue weighted by Gasteiger charge is -2.22. The molecule has 6 heteroatoms. The highest BCUT2D eigenvalue weighted by atomic mass is 16.5. The van der Waals surface area contributed by atoms with Crippen LogP contribution in [0, 0.1) is 0 Å². The summed E-state index contributed by atoms with van der Waals surface area (Å²) in [7, 11) is 0. The molecule has 0 bridgehead atoms. The number of ether oxygens (including phenoxy) is 2. The summed E-state index contributed by atoms with van der Waals surface area (Å²) in [6.07, 6.45) is 4.44. The summed E-state index contributed by atoms with van der Waals surface area (Å²) in [6.45, 7) is 2.01. The molecule has 24 heavy (non-hydrogen) atoms. The fourth-order valence-corrected chi connectivity index (χ4v) is 3.17. The Balaban J connectivity index is 1.29. The van der Waals surface area contributed by atoms with Gasteiger partial charge in [-0.05, 0) is 31.2 Å². The van der Waals surface area contributed by atoms with Crippen molar-refractivity contribution in [2.24, 2.45) is 0 Å². The monoisotopic (exact) mass is 333 g/mol. The molecule has 0 saturated carbocycles. The molecule has 2 heterocycles. The highest BCUT2D eigenvalue weighted by Gasteiger charge is 2.25. The third kappa shape index (κ3) is 5.27. The van der Waals surface area contributed by atoms with E-state index in [2.05, 4.69) is 28.3 Å². The normalized spacial score (nSPS) is 27.1. The number of hydrazine groups is 1. The van der Waals surface area contributed by atoms with Gasteiger partial charge in [-0.15, -0.1) is 0 Å². The Bertz CT molecular complexity index is 505. The van der Waals surface area contributed by atoms with E-state index in [0.717, 1.165) is 25.9 Å². The fraction of sp³-hybridized carbons (Fsp3) is 0.611. The van der Waals surface area contributed by atoms with Crippen LogP contribution in [-0.4, -0.2) is 44.4 Å². The molecule has 3 rings (SSSR count). The number of benzene rings is 1. The summed E-state index contributed by atoms with van der Waals surface area (Å²) in [5.41, 5.74) is 7.79. The Morgan fingerprint density at radius 3 is 2.92 bits per heavy atom. The maximum absolute atomic E-state index is 11.9. The predicted octanol–water partition coefficient (Wildman–Crippen LogP) is 1.30. The molecule has 3 atom stereocenters. The van der Waals surface area contributed by atoms with Gasteiger partial charge < -0.3 is 14.8 Å². The highest BCUT2D eigenvalue weighted by molar-refractivity contribution is 5.77. The van der Waals surface area contributed by atoms with Crippen LogP contribution in [0.2, 0.25) is 0 Å². The Kier molecular flexibility index (Phi) is 6.60. The van der Waals surface area contributed by atoms with Crippen molar-refractivity contribution < 1.29 is 14.3 Å². The van der Waals surface area contributed by atoms with Gasteiger partial charge in [-0.2, -0.15) is 0 Å². The minimum absolute atomic E-state index is 0.0734. The Hall–Kier alpha value is -1.47. The van der Waals surface area contributed by atoms with Crippen LogP contribution in [-0.2, 0) is 14.3 Å². The number of hydrogen-bond acceptors (Lipinski definition) is 5. The van der Waals surface area contributed by atoms with Crippen LogP contribution in [0.15, 0.2) is 30.3 Å². The molecule has 2 saturated heterocycles. The average Bonchev–Trinajstić information content (AvgIpc) is 3.11. The van der Waals surface area contributed by atoms with Crippen LogP contribution in [0.5, 0.6) is 0 Å². The lowest BCUT2D eigenvalue weighted by Crippen LogP contribution is -2.41. The molecule has 2 fully saturated rings. The number of amides is 1. The van der Waals surface area contributed by atoms with Gasteiger partial charge in [-0.25, -0.2) is 5.43 Å². The Morgan fingerprint density at radius 2 is 2.12 bits per heavy atom. The number of carbonyl (C=O) groups is 1. The molecule has 3 unspecified atom stereocenters. The second kappa shape index (κ2) is 9.13. The summed E-state index contributed by atoms with van der Waals surface area (Å²) in [4.78, 5) is 11.9. The zero-order valence-corrected chi connectivity index (χ0v) is 14.0. The lowest BCUT2D eigenvalue weighted by molar-refractivity contribution is -0.128. The minimum Gasteiger partial charge on any atom is -0.376 e. The van der Waals surface area contributed by atoms with Gasteiger partial charge in [0.2, 0.25) is 5.91 Å². The van der Waals surface area contributed by atoms with Gasteiger partial charge in [0.05, 0.1) is 12.7 Å². The van der Waals surface area contributed by atoms with E-state index in [9.17, 15) is 4.79 Å². The lowest BCUT2D eigenvalue weighted by atomic mass is 10.0. The van der Waals surface area contributed by atoms with E-state index in [1.807, 2.05) is 18.2 Å². The van der Waals surface area contributed by atoms with Gasteiger partial charge in [0.1, 0.15) is 6.61 Å². The number of rotatable bonds is 7. The third-order valence-corrected chi connectivity index (χ3v) is 4.54. The smallest absolute Gasteiger partial charge is 0.246 e. The fourth-order valence-electron chi connectivity index (χ4n) is 3.17. The van der Waals surface area contributed by atoms with E-state index in [4.69, 9.17) is 9.47 Å². The van der Waals surface area contributed by atoms with E-state index in [1.165, 1.54) is 12.0 Å². The number of carbonyl (C=O) groups excluding carboxylic acids is 1. The van der Waals surface area contributed by atoms with Gasteiger partial charge in [0.25, 0.3) is 0 Å². The third-order valence-electron chi connectivity index (χ3n) is 4.54. The first-order valence-electron chi connectivity index (χ1n) is 8.83. The molecular formula is C18H27N3O3. The van der Waals surface area contributed by atoms with E-state index in [-0.39, 0.29) is 30.7 Å². The molecule has 6 nitrogen and oxygen atoms in total. The molecule has 3 N–H and O–H groups in total.